The van der Waals surface area contributed by atoms with Gasteiger partial charge in [-0.3, -0.25) is 9.63 Å². The summed E-state index contributed by atoms with van der Waals surface area (Å²) >= 11 is 0. The number of hydroxylamine groups is 1. The molecule has 3 N–H and O–H groups in total. The lowest BCUT2D eigenvalue weighted by molar-refractivity contribution is -0.144. The third-order valence-electron chi connectivity index (χ3n) is 2.29. The minimum Gasteiger partial charge on any atom is -0.479 e. The van der Waals surface area contributed by atoms with Gasteiger partial charge < -0.3 is 20.1 Å². The van der Waals surface area contributed by atoms with Crippen molar-refractivity contribution in [3.05, 3.63) is 0 Å². The quantitative estimate of drug-likeness (QED) is 0.512. The fourth-order valence-electron chi connectivity index (χ4n) is 1.45. The number of carboxylic acids is 1. The molecule has 1 atom stereocenters. The minimum absolute atomic E-state index is 0.0893. The van der Waals surface area contributed by atoms with Crippen LogP contribution in [0.2, 0.25) is 0 Å². The molecule has 0 radical (unpaired) electrons. The van der Waals surface area contributed by atoms with Gasteiger partial charge in [0.25, 0.3) is 0 Å². The molecular weight excluding hydrogens is 246 g/mol. The van der Waals surface area contributed by atoms with Crippen molar-refractivity contribution >= 4 is 17.9 Å². The van der Waals surface area contributed by atoms with Gasteiger partial charge in [0.2, 0.25) is 5.91 Å². The molecule has 9 nitrogen and oxygen atoms in total. The molecule has 1 unspecified atom stereocenters. The topological polar surface area (TPSA) is 117 Å². The number of rotatable bonds is 4. The Morgan fingerprint density at radius 2 is 2.22 bits per heavy atom. The highest BCUT2D eigenvalue weighted by Gasteiger charge is 2.32. The first-order chi connectivity index (χ1) is 8.56. The normalized spacial score (nSPS) is 19.2. The maximum atomic E-state index is 11.7. The Kier molecular flexibility index (Phi) is 5.33. The lowest BCUT2D eigenvalue weighted by Crippen LogP contribution is -2.57. The Morgan fingerprint density at radius 3 is 2.83 bits per heavy atom. The van der Waals surface area contributed by atoms with Gasteiger partial charge in [-0.25, -0.2) is 15.1 Å². The molecule has 0 saturated carbocycles. The van der Waals surface area contributed by atoms with Crippen LogP contribution in [0.1, 0.15) is 0 Å². The lowest BCUT2D eigenvalue weighted by Gasteiger charge is -2.33. The van der Waals surface area contributed by atoms with Gasteiger partial charge in [0.1, 0.15) is 6.04 Å². The van der Waals surface area contributed by atoms with E-state index in [1.54, 1.807) is 0 Å². The highest BCUT2D eigenvalue weighted by atomic mass is 16.7. The van der Waals surface area contributed by atoms with E-state index in [1.165, 1.54) is 11.9 Å². The molecule has 0 aromatic carbocycles. The van der Waals surface area contributed by atoms with Crippen LogP contribution in [-0.2, 0) is 19.2 Å². The molecular formula is C9H15N3O6. The number of morpholine rings is 1. The molecule has 102 valence electrons. The summed E-state index contributed by atoms with van der Waals surface area (Å²) in [7, 11) is 1.45. The Bertz CT molecular complexity index is 334. The summed E-state index contributed by atoms with van der Waals surface area (Å²) in [4.78, 5) is 39.1. The first kappa shape index (κ1) is 14.2. The number of likely N-dealkylation sites (N-methyl/N-ethyl adjacent to an activating group) is 1. The first-order valence-electron chi connectivity index (χ1n) is 5.25. The maximum Gasteiger partial charge on any atom is 0.342 e. The van der Waals surface area contributed by atoms with Gasteiger partial charge in [0.05, 0.1) is 13.2 Å². The van der Waals surface area contributed by atoms with Crippen LogP contribution in [0.5, 0.6) is 0 Å². The van der Waals surface area contributed by atoms with E-state index < -0.39 is 24.6 Å². The van der Waals surface area contributed by atoms with Crippen LogP contribution in [0.4, 0.5) is 4.79 Å². The van der Waals surface area contributed by atoms with Crippen LogP contribution in [0.3, 0.4) is 0 Å². The van der Waals surface area contributed by atoms with Crippen molar-refractivity contribution in [2.24, 2.45) is 0 Å². The average molecular weight is 261 g/mol. The molecule has 1 aliphatic rings. The second-order valence-corrected chi connectivity index (χ2v) is 3.49. The molecule has 1 heterocycles. The van der Waals surface area contributed by atoms with Crippen molar-refractivity contribution in [3.8, 4) is 0 Å². The maximum absolute atomic E-state index is 11.7. The van der Waals surface area contributed by atoms with E-state index in [9.17, 15) is 14.4 Å². The van der Waals surface area contributed by atoms with Crippen LogP contribution < -0.4 is 10.8 Å². The third-order valence-corrected chi connectivity index (χ3v) is 2.29. The Hall–Kier alpha value is -1.87. The highest BCUT2D eigenvalue weighted by molar-refractivity contribution is 5.87. The summed E-state index contributed by atoms with van der Waals surface area (Å²) in [5.74, 6) is -1.57. The number of hydrogen-bond donors (Lipinski definition) is 3. The molecule has 1 rings (SSSR count). The number of ether oxygens (including phenoxy) is 1. The van der Waals surface area contributed by atoms with Gasteiger partial charge in [-0.2, -0.15) is 0 Å². The number of carbonyl (C=O) groups is 3. The van der Waals surface area contributed by atoms with Crippen molar-refractivity contribution < 1.29 is 29.1 Å². The summed E-state index contributed by atoms with van der Waals surface area (Å²) in [6, 6.07) is -1.43. The van der Waals surface area contributed by atoms with E-state index in [-0.39, 0.29) is 19.1 Å². The summed E-state index contributed by atoms with van der Waals surface area (Å²) in [6.07, 6.45) is 0. The average Bonchev–Trinajstić information content (AvgIpc) is 2.37. The fraction of sp³-hybridized carbons (Fsp3) is 0.667. The smallest absolute Gasteiger partial charge is 0.342 e. The standard InChI is InChI=1S/C9H15N3O6/c1-10-8(15)6-4-17-3-2-12(6)9(16)11-18-5-7(13)14/h6H,2-5H2,1H3,(H,10,15)(H,11,16)(H,13,14). The number of aliphatic carboxylic acids is 1. The number of nitrogens with one attached hydrogen (secondary N) is 2. The zero-order valence-corrected chi connectivity index (χ0v) is 9.84. The van der Waals surface area contributed by atoms with Crippen LogP contribution >= 0.6 is 0 Å². The van der Waals surface area contributed by atoms with Gasteiger partial charge in [-0.1, -0.05) is 0 Å². The van der Waals surface area contributed by atoms with Crippen molar-refractivity contribution in [3.63, 3.8) is 0 Å². The van der Waals surface area contributed by atoms with Crippen LogP contribution in [-0.4, -0.2) is 67.4 Å². The van der Waals surface area contributed by atoms with Crippen molar-refractivity contribution in [2.75, 3.05) is 33.4 Å². The monoisotopic (exact) mass is 261 g/mol. The lowest BCUT2D eigenvalue weighted by atomic mass is 10.2. The van der Waals surface area contributed by atoms with Crippen molar-refractivity contribution in [1.29, 1.82) is 0 Å². The molecule has 9 heteroatoms. The zero-order valence-electron chi connectivity index (χ0n) is 9.84. The Balaban J connectivity index is 2.52. The van der Waals surface area contributed by atoms with Gasteiger partial charge in [-0.05, 0) is 0 Å². The van der Waals surface area contributed by atoms with E-state index in [0.717, 1.165) is 0 Å². The number of carboxylic acid groups (broad SMARTS) is 1. The molecule has 0 bridgehead atoms. The summed E-state index contributed by atoms with van der Waals surface area (Å²) in [5.41, 5.74) is 1.96. The summed E-state index contributed by atoms with van der Waals surface area (Å²) in [6.45, 7) is -0.0348. The van der Waals surface area contributed by atoms with Crippen molar-refractivity contribution in [1.82, 2.24) is 15.7 Å². The van der Waals surface area contributed by atoms with E-state index >= 15 is 0 Å². The second kappa shape index (κ2) is 6.77. The fourth-order valence-corrected chi connectivity index (χ4v) is 1.45. The zero-order chi connectivity index (χ0) is 13.5. The molecule has 0 aliphatic carbocycles. The summed E-state index contributed by atoms with van der Waals surface area (Å²) < 4.78 is 5.11. The van der Waals surface area contributed by atoms with Gasteiger partial charge in [0, 0.05) is 13.6 Å². The summed E-state index contributed by atoms with van der Waals surface area (Å²) in [5, 5.41) is 10.8. The SMILES string of the molecule is CNC(=O)C1COCCN1C(=O)NOCC(=O)O. The Labute approximate surface area is 103 Å². The second-order valence-electron chi connectivity index (χ2n) is 3.49. The van der Waals surface area contributed by atoms with E-state index in [1.807, 2.05) is 5.48 Å². The van der Waals surface area contributed by atoms with Crippen LogP contribution in [0, 0.1) is 0 Å². The van der Waals surface area contributed by atoms with Crippen molar-refractivity contribution in [2.45, 2.75) is 6.04 Å². The largest absolute Gasteiger partial charge is 0.479 e. The van der Waals surface area contributed by atoms with Gasteiger partial charge in [0.15, 0.2) is 6.61 Å². The van der Waals surface area contributed by atoms with Crippen LogP contribution in [0.25, 0.3) is 0 Å². The molecule has 1 saturated heterocycles. The molecule has 18 heavy (non-hydrogen) atoms. The molecule has 0 aromatic heterocycles. The number of urea groups is 1. The minimum atomic E-state index is -1.21. The number of carbonyl (C=O) groups excluding carboxylic acids is 2. The predicted molar refractivity (Wildman–Crippen MR) is 57.5 cm³/mol. The van der Waals surface area contributed by atoms with Gasteiger partial charge in [-0.15, -0.1) is 0 Å². The van der Waals surface area contributed by atoms with Gasteiger partial charge >= 0.3 is 12.0 Å². The molecule has 3 amide bonds. The number of amides is 3. The molecule has 0 spiro atoms. The van der Waals surface area contributed by atoms with E-state index in [0.29, 0.717) is 6.61 Å². The predicted octanol–water partition coefficient (Wildman–Crippen LogP) is -1.84. The Morgan fingerprint density at radius 1 is 1.50 bits per heavy atom. The first-order valence-corrected chi connectivity index (χ1v) is 5.25. The number of hydrogen-bond acceptors (Lipinski definition) is 5. The van der Waals surface area contributed by atoms with E-state index in [2.05, 4.69) is 10.2 Å². The number of nitrogens with zero attached hydrogens (tertiary/aromatic N) is 1. The van der Waals surface area contributed by atoms with E-state index in [4.69, 9.17) is 9.84 Å². The van der Waals surface area contributed by atoms with Crippen LogP contribution in [0.15, 0.2) is 0 Å². The molecule has 1 fully saturated rings. The highest BCUT2D eigenvalue weighted by Crippen LogP contribution is 2.07. The molecule has 1 aliphatic heterocycles. The third kappa shape index (κ3) is 3.86. The molecule has 0 aromatic rings.